The maximum absolute atomic E-state index is 6.40. The summed E-state index contributed by atoms with van der Waals surface area (Å²) >= 11 is 6.40. The van der Waals surface area contributed by atoms with Gasteiger partial charge in [0, 0.05) is 35.5 Å². The molecule has 1 aromatic carbocycles. The summed E-state index contributed by atoms with van der Waals surface area (Å²) in [5, 5.41) is 14.5. The average molecular weight is 438 g/mol. The lowest BCUT2D eigenvalue weighted by Gasteiger charge is -2.36. The van der Waals surface area contributed by atoms with Crippen molar-refractivity contribution in [2.45, 2.75) is 82.8 Å². The summed E-state index contributed by atoms with van der Waals surface area (Å²) in [6.45, 7) is 3.75. The van der Waals surface area contributed by atoms with Gasteiger partial charge in [0.2, 0.25) is 0 Å². The van der Waals surface area contributed by atoms with E-state index in [1.54, 1.807) is 0 Å². The van der Waals surface area contributed by atoms with Crippen LogP contribution in [0.3, 0.4) is 0 Å². The van der Waals surface area contributed by atoms with Crippen molar-refractivity contribution in [1.29, 1.82) is 0 Å². The summed E-state index contributed by atoms with van der Waals surface area (Å²) in [5.74, 6) is 3.98. The fraction of sp³-hybridized carbons (Fsp3) is 0.542. The Hall–Kier alpha value is -2.18. The number of hydrogen-bond donors (Lipinski definition) is 0. The van der Waals surface area contributed by atoms with Gasteiger partial charge in [-0.25, -0.2) is 0 Å². The molecular formula is C24H28ClN5O. The van der Waals surface area contributed by atoms with Gasteiger partial charge in [0.15, 0.2) is 5.82 Å². The fourth-order valence-corrected chi connectivity index (χ4v) is 5.75. The molecule has 0 amide bonds. The molecule has 1 aliphatic heterocycles. The highest BCUT2D eigenvalue weighted by Crippen LogP contribution is 2.41. The number of halogens is 1. The molecule has 0 unspecified atom stereocenters. The first kappa shape index (κ1) is 19.5. The van der Waals surface area contributed by atoms with Crippen molar-refractivity contribution in [3.8, 4) is 5.69 Å². The number of aromatic nitrogens is 4. The molecule has 6 rings (SSSR count). The lowest BCUT2D eigenvalue weighted by atomic mass is 9.80. The van der Waals surface area contributed by atoms with E-state index in [1.807, 2.05) is 13.0 Å². The Morgan fingerprint density at radius 3 is 2.48 bits per heavy atom. The zero-order valence-corrected chi connectivity index (χ0v) is 18.7. The monoisotopic (exact) mass is 437 g/mol. The third-order valence-corrected chi connectivity index (χ3v) is 7.74. The summed E-state index contributed by atoms with van der Waals surface area (Å²) in [7, 11) is 0. The Morgan fingerprint density at radius 1 is 0.968 bits per heavy atom. The number of benzene rings is 1. The zero-order chi connectivity index (χ0) is 20.9. The average Bonchev–Trinajstić information content (AvgIpc) is 3.30. The smallest absolute Gasteiger partial charge is 0.151 e. The van der Waals surface area contributed by atoms with Gasteiger partial charge in [-0.1, -0.05) is 23.2 Å². The highest BCUT2D eigenvalue weighted by atomic mass is 35.5. The third-order valence-electron chi connectivity index (χ3n) is 7.50. The van der Waals surface area contributed by atoms with Crippen molar-refractivity contribution in [1.82, 2.24) is 24.8 Å². The molecule has 0 saturated heterocycles. The van der Waals surface area contributed by atoms with Gasteiger partial charge in [0.25, 0.3) is 0 Å². The SMILES string of the molecule is Cc1cc([C@H]2CC[C@H](c3nnc4n3-c3ccc(Cl)cc3CN(C3CCC3)C4)CC2)no1. The van der Waals surface area contributed by atoms with Crippen LogP contribution in [-0.2, 0) is 13.1 Å². The molecule has 0 atom stereocenters. The Balaban J connectivity index is 1.31. The van der Waals surface area contributed by atoms with Crippen LogP contribution in [-0.4, -0.2) is 30.9 Å². The van der Waals surface area contributed by atoms with Crippen LogP contribution in [0, 0.1) is 6.92 Å². The molecule has 0 N–H and O–H groups in total. The molecule has 2 aliphatic carbocycles. The maximum Gasteiger partial charge on any atom is 0.151 e. The van der Waals surface area contributed by atoms with Gasteiger partial charge in [-0.15, -0.1) is 10.2 Å². The highest BCUT2D eigenvalue weighted by molar-refractivity contribution is 6.30. The van der Waals surface area contributed by atoms with Gasteiger partial charge in [-0.05, 0) is 69.2 Å². The number of aryl methyl sites for hydroxylation is 1. The van der Waals surface area contributed by atoms with Crippen LogP contribution in [0.4, 0.5) is 0 Å². The van der Waals surface area contributed by atoms with E-state index in [4.69, 9.17) is 26.3 Å². The van der Waals surface area contributed by atoms with Crippen LogP contribution >= 0.6 is 11.6 Å². The lowest BCUT2D eigenvalue weighted by Crippen LogP contribution is -2.38. The minimum Gasteiger partial charge on any atom is -0.361 e. The van der Waals surface area contributed by atoms with Crippen LogP contribution in [0.1, 0.15) is 85.4 Å². The van der Waals surface area contributed by atoms with E-state index in [0.717, 1.165) is 66.9 Å². The topological polar surface area (TPSA) is 60.0 Å². The van der Waals surface area contributed by atoms with Crippen molar-refractivity contribution < 1.29 is 4.52 Å². The second-order valence-electron chi connectivity index (χ2n) is 9.48. The van der Waals surface area contributed by atoms with Crippen LogP contribution in [0.5, 0.6) is 0 Å². The molecule has 2 aromatic heterocycles. The lowest BCUT2D eigenvalue weighted by molar-refractivity contribution is 0.110. The molecule has 2 saturated carbocycles. The zero-order valence-electron chi connectivity index (χ0n) is 17.9. The highest BCUT2D eigenvalue weighted by Gasteiger charge is 2.34. The standard InChI is InChI=1S/C24H28ClN5O/c1-15-11-21(28-31-15)16-5-7-17(8-6-16)24-27-26-23-14-29(20-3-2-4-20)13-18-12-19(25)9-10-22(18)30(23)24/h9-12,16-17,20H,2-8,13-14H2,1H3/t16-,17-. The molecule has 2 fully saturated rings. The van der Waals surface area contributed by atoms with Gasteiger partial charge in [-0.3, -0.25) is 9.47 Å². The van der Waals surface area contributed by atoms with Crippen molar-refractivity contribution in [3.05, 3.63) is 58.0 Å². The van der Waals surface area contributed by atoms with Crippen LogP contribution < -0.4 is 0 Å². The van der Waals surface area contributed by atoms with E-state index in [1.165, 1.54) is 30.5 Å². The first-order valence-electron chi connectivity index (χ1n) is 11.6. The molecule has 31 heavy (non-hydrogen) atoms. The van der Waals surface area contributed by atoms with Crippen LogP contribution in [0.25, 0.3) is 5.69 Å². The largest absolute Gasteiger partial charge is 0.361 e. The molecule has 0 spiro atoms. The van der Waals surface area contributed by atoms with Gasteiger partial charge < -0.3 is 4.52 Å². The normalized spacial score (nSPS) is 24.3. The van der Waals surface area contributed by atoms with Crippen molar-refractivity contribution in [3.63, 3.8) is 0 Å². The maximum atomic E-state index is 6.40. The van der Waals surface area contributed by atoms with E-state index >= 15 is 0 Å². The minimum atomic E-state index is 0.421. The van der Waals surface area contributed by atoms with Gasteiger partial charge in [0.05, 0.1) is 17.9 Å². The predicted octanol–water partition coefficient (Wildman–Crippen LogP) is 5.53. The fourth-order valence-electron chi connectivity index (χ4n) is 5.55. The second-order valence-corrected chi connectivity index (χ2v) is 9.92. The van der Waals surface area contributed by atoms with Crippen molar-refractivity contribution in [2.75, 3.05) is 0 Å². The number of rotatable bonds is 3. The summed E-state index contributed by atoms with van der Waals surface area (Å²) in [5.41, 5.74) is 3.59. The molecule has 3 aliphatic rings. The van der Waals surface area contributed by atoms with E-state index in [9.17, 15) is 0 Å². The predicted molar refractivity (Wildman–Crippen MR) is 118 cm³/mol. The summed E-state index contributed by atoms with van der Waals surface area (Å²) in [4.78, 5) is 2.57. The Morgan fingerprint density at radius 2 is 1.77 bits per heavy atom. The Kier molecular flexibility index (Phi) is 4.87. The Labute approximate surface area is 187 Å². The molecule has 3 heterocycles. The van der Waals surface area contributed by atoms with Gasteiger partial charge in [-0.2, -0.15) is 0 Å². The van der Waals surface area contributed by atoms with Crippen LogP contribution in [0.2, 0.25) is 5.02 Å². The molecule has 3 aromatic rings. The molecular weight excluding hydrogens is 410 g/mol. The molecule has 0 radical (unpaired) electrons. The summed E-state index contributed by atoms with van der Waals surface area (Å²) in [6.07, 6.45) is 8.32. The first-order valence-corrected chi connectivity index (χ1v) is 11.9. The van der Waals surface area contributed by atoms with Crippen molar-refractivity contribution in [2.24, 2.45) is 0 Å². The summed E-state index contributed by atoms with van der Waals surface area (Å²) < 4.78 is 7.65. The molecule has 7 heteroatoms. The summed E-state index contributed by atoms with van der Waals surface area (Å²) in [6, 6.07) is 9.02. The number of hydrogen-bond acceptors (Lipinski definition) is 5. The first-order chi connectivity index (χ1) is 15.2. The minimum absolute atomic E-state index is 0.421. The van der Waals surface area contributed by atoms with E-state index in [2.05, 4.69) is 32.8 Å². The van der Waals surface area contributed by atoms with Crippen molar-refractivity contribution >= 4 is 11.6 Å². The second kappa shape index (κ2) is 7.75. The van der Waals surface area contributed by atoms with Gasteiger partial charge >= 0.3 is 0 Å². The van der Waals surface area contributed by atoms with Gasteiger partial charge in [0.1, 0.15) is 11.6 Å². The quantitative estimate of drug-likeness (QED) is 0.539. The van der Waals surface area contributed by atoms with E-state index < -0.39 is 0 Å². The van der Waals surface area contributed by atoms with E-state index in [-0.39, 0.29) is 0 Å². The molecule has 162 valence electrons. The van der Waals surface area contributed by atoms with E-state index in [0.29, 0.717) is 17.9 Å². The third kappa shape index (κ3) is 3.50. The Bertz CT molecular complexity index is 1090. The number of fused-ring (bicyclic) bond motifs is 3. The number of nitrogens with zero attached hydrogens (tertiary/aromatic N) is 5. The molecule has 6 nitrogen and oxygen atoms in total. The van der Waals surface area contributed by atoms with Crippen LogP contribution in [0.15, 0.2) is 28.8 Å². The molecule has 0 bridgehead atoms.